The molecule has 0 amide bonds. The summed E-state index contributed by atoms with van der Waals surface area (Å²) >= 11 is 5.77. The lowest BCUT2D eigenvalue weighted by molar-refractivity contribution is -0.385. The Morgan fingerprint density at radius 1 is 1.19 bits per heavy atom. The standard InChI is InChI=1S/C12H8ClFN2O4S/c13-11-5-4-10(16(17)18)7-12(11)21(19,20)15-9-3-1-2-8(14)6-9/h1-7,15H. The van der Waals surface area contributed by atoms with Crippen LogP contribution >= 0.6 is 11.6 Å². The Bertz CT molecular complexity index is 811. The number of rotatable bonds is 4. The molecule has 0 fully saturated rings. The summed E-state index contributed by atoms with van der Waals surface area (Å²) in [4.78, 5) is 9.50. The van der Waals surface area contributed by atoms with Crippen LogP contribution in [0.2, 0.25) is 5.02 Å². The van der Waals surface area contributed by atoms with Crippen molar-refractivity contribution >= 4 is 33.0 Å². The maximum atomic E-state index is 13.0. The molecule has 0 saturated heterocycles. The normalized spacial score (nSPS) is 11.1. The molecule has 0 bridgehead atoms. The Morgan fingerprint density at radius 3 is 2.52 bits per heavy atom. The van der Waals surface area contributed by atoms with Crippen LogP contribution in [0.5, 0.6) is 0 Å². The van der Waals surface area contributed by atoms with Crippen LogP contribution in [0.25, 0.3) is 0 Å². The van der Waals surface area contributed by atoms with Crippen LogP contribution in [0, 0.1) is 15.9 Å². The van der Waals surface area contributed by atoms with E-state index < -0.39 is 31.3 Å². The van der Waals surface area contributed by atoms with Gasteiger partial charge in [-0.05, 0) is 24.3 Å². The lowest BCUT2D eigenvalue weighted by Gasteiger charge is -2.09. The van der Waals surface area contributed by atoms with Crippen LogP contribution in [-0.2, 0) is 10.0 Å². The molecule has 21 heavy (non-hydrogen) atoms. The van der Waals surface area contributed by atoms with Crippen molar-refractivity contribution < 1.29 is 17.7 Å². The molecule has 0 unspecified atom stereocenters. The second-order valence-electron chi connectivity index (χ2n) is 3.99. The number of hydrogen-bond donors (Lipinski definition) is 1. The number of benzene rings is 2. The molecule has 0 spiro atoms. The molecule has 2 aromatic rings. The van der Waals surface area contributed by atoms with Gasteiger partial charge < -0.3 is 0 Å². The second-order valence-corrected chi connectivity index (χ2v) is 6.05. The summed E-state index contributed by atoms with van der Waals surface area (Å²) in [6.07, 6.45) is 0. The maximum absolute atomic E-state index is 13.0. The van der Waals surface area contributed by atoms with Crippen LogP contribution < -0.4 is 4.72 Å². The first-order valence-electron chi connectivity index (χ1n) is 5.52. The minimum atomic E-state index is -4.17. The smallest absolute Gasteiger partial charge is 0.270 e. The third-order valence-corrected chi connectivity index (χ3v) is 4.35. The quantitative estimate of drug-likeness (QED) is 0.688. The SMILES string of the molecule is O=[N+]([O-])c1ccc(Cl)c(S(=O)(=O)Nc2cccc(F)c2)c1. The highest BCUT2D eigenvalue weighted by atomic mass is 35.5. The van der Waals surface area contributed by atoms with Gasteiger partial charge in [-0.25, -0.2) is 12.8 Å². The summed E-state index contributed by atoms with van der Waals surface area (Å²) in [5.74, 6) is -0.625. The van der Waals surface area contributed by atoms with E-state index >= 15 is 0 Å². The van der Waals surface area contributed by atoms with Crippen molar-refractivity contribution in [2.75, 3.05) is 4.72 Å². The van der Waals surface area contributed by atoms with Crippen molar-refractivity contribution in [1.82, 2.24) is 0 Å². The van der Waals surface area contributed by atoms with Crippen LogP contribution in [0.4, 0.5) is 15.8 Å². The van der Waals surface area contributed by atoms with Gasteiger partial charge >= 0.3 is 0 Å². The zero-order valence-electron chi connectivity index (χ0n) is 10.3. The number of anilines is 1. The molecule has 1 N–H and O–H groups in total. The third kappa shape index (κ3) is 3.47. The van der Waals surface area contributed by atoms with Gasteiger partial charge in [0.2, 0.25) is 0 Å². The summed E-state index contributed by atoms with van der Waals surface area (Å²) in [5, 5.41) is 10.5. The van der Waals surface area contributed by atoms with Crippen LogP contribution in [-0.4, -0.2) is 13.3 Å². The largest absolute Gasteiger partial charge is 0.279 e. The van der Waals surface area contributed by atoms with Gasteiger partial charge in [-0.1, -0.05) is 17.7 Å². The molecule has 0 heterocycles. The van der Waals surface area contributed by atoms with E-state index in [0.29, 0.717) is 0 Å². The second kappa shape index (κ2) is 5.66. The number of nitro benzene ring substituents is 1. The summed E-state index contributed by atoms with van der Waals surface area (Å²) in [6.45, 7) is 0. The van der Waals surface area contributed by atoms with Gasteiger partial charge in [0, 0.05) is 12.1 Å². The number of hydrogen-bond acceptors (Lipinski definition) is 4. The van der Waals surface area contributed by atoms with Crippen molar-refractivity contribution in [3.05, 3.63) is 63.4 Å². The van der Waals surface area contributed by atoms with E-state index in [9.17, 15) is 22.9 Å². The molecule has 0 aliphatic carbocycles. The monoisotopic (exact) mass is 330 g/mol. The zero-order valence-corrected chi connectivity index (χ0v) is 11.9. The van der Waals surface area contributed by atoms with E-state index in [0.717, 1.165) is 30.3 Å². The summed E-state index contributed by atoms with van der Waals surface area (Å²) < 4.78 is 39.5. The molecular formula is C12H8ClFN2O4S. The fourth-order valence-electron chi connectivity index (χ4n) is 1.57. The highest BCUT2D eigenvalue weighted by Gasteiger charge is 2.21. The molecule has 0 aromatic heterocycles. The Morgan fingerprint density at radius 2 is 1.90 bits per heavy atom. The van der Waals surface area contributed by atoms with Gasteiger partial charge in [0.05, 0.1) is 15.6 Å². The molecular weight excluding hydrogens is 323 g/mol. The third-order valence-electron chi connectivity index (χ3n) is 2.49. The first-order chi connectivity index (χ1) is 9.79. The minimum absolute atomic E-state index is 0.0161. The Kier molecular flexibility index (Phi) is 4.10. The summed E-state index contributed by atoms with van der Waals surface area (Å²) in [5.41, 5.74) is -0.434. The van der Waals surface area contributed by atoms with E-state index in [2.05, 4.69) is 4.72 Å². The van der Waals surface area contributed by atoms with E-state index in [1.54, 1.807) is 0 Å². The van der Waals surface area contributed by atoms with Crippen molar-refractivity contribution in [3.8, 4) is 0 Å². The number of nitrogens with zero attached hydrogens (tertiary/aromatic N) is 1. The molecule has 9 heteroatoms. The molecule has 2 rings (SSSR count). The Labute approximate surface area is 124 Å². The summed E-state index contributed by atoms with van der Waals surface area (Å²) in [7, 11) is -4.17. The molecule has 0 atom stereocenters. The molecule has 2 aromatic carbocycles. The van der Waals surface area contributed by atoms with E-state index in [-0.39, 0.29) is 10.7 Å². The molecule has 6 nitrogen and oxygen atoms in total. The van der Waals surface area contributed by atoms with Gasteiger partial charge in [0.25, 0.3) is 15.7 Å². The summed E-state index contributed by atoms with van der Waals surface area (Å²) in [6, 6.07) is 7.82. The lowest BCUT2D eigenvalue weighted by Crippen LogP contribution is -2.13. The average molecular weight is 331 g/mol. The highest BCUT2D eigenvalue weighted by Crippen LogP contribution is 2.27. The number of nitrogens with one attached hydrogen (secondary N) is 1. The minimum Gasteiger partial charge on any atom is -0.279 e. The van der Waals surface area contributed by atoms with Gasteiger partial charge in [-0.3, -0.25) is 14.8 Å². The first kappa shape index (κ1) is 15.2. The van der Waals surface area contributed by atoms with E-state index in [1.165, 1.54) is 12.1 Å². The zero-order chi connectivity index (χ0) is 15.6. The van der Waals surface area contributed by atoms with Crippen molar-refractivity contribution in [2.45, 2.75) is 4.90 Å². The fraction of sp³-hybridized carbons (Fsp3) is 0. The number of nitro groups is 1. The number of halogens is 2. The number of non-ortho nitro benzene ring substituents is 1. The number of sulfonamides is 1. The fourth-order valence-corrected chi connectivity index (χ4v) is 3.14. The van der Waals surface area contributed by atoms with Crippen LogP contribution in [0.3, 0.4) is 0 Å². The predicted octanol–water partition coefficient (Wildman–Crippen LogP) is 3.19. The maximum Gasteiger partial charge on any atom is 0.270 e. The predicted molar refractivity (Wildman–Crippen MR) is 75.3 cm³/mol. The van der Waals surface area contributed by atoms with Crippen LogP contribution in [0.1, 0.15) is 0 Å². The van der Waals surface area contributed by atoms with E-state index in [1.807, 2.05) is 0 Å². The first-order valence-corrected chi connectivity index (χ1v) is 7.38. The van der Waals surface area contributed by atoms with Gasteiger partial charge in [-0.2, -0.15) is 0 Å². The Hall–Kier alpha value is -2.19. The van der Waals surface area contributed by atoms with Gasteiger partial charge in [0.15, 0.2) is 0 Å². The average Bonchev–Trinajstić information content (AvgIpc) is 2.38. The highest BCUT2D eigenvalue weighted by molar-refractivity contribution is 7.92. The van der Waals surface area contributed by atoms with Crippen molar-refractivity contribution in [2.24, 2.45) is 0 Å². The molecule has 0 radical (unpaired) electrons. The molecule has 0 saturated carbocycles. The van der Waals surface area contributed by atoms with Crippen LogP contribution in [0.15, 0.2) is 47.4 Å². The Balaban J connectivity index is 2.44. The van der Waals surface area contributed by atoms with Crippen molar-refractivity contribution in [1.29, 1.82) is 0 Å². The van der Waals surface area contributed by atoms with Gasteiger partial charge in [-0.15, -0.1) is 0 Å². The molecule has 0 aliphatic rings. The molecule has 0 aliphatic heterocycles. The van der Waals surface area contributed by atoms with Crippen molar-refractivity contribution in [3.63, 3.8) is 0 Å². The van der Waals surface area contributed by atoms with E-state index in [4.69, 9.17) is 11.6 Å². The van der Waals surface area contributed by atoms with Gasteiger partial charge in [0.1, 0.15) is 10.7 Å². The lowest BCUT2D eigenvalue weighted by atomic mass is 10.3. The molecule has 110 valence electrons. The topological polar surface area (TPSA) is 89.3 Å².